The van der Waals surface area contributed by atoms with E-state index >= 15 is 0 Å². The van der Waals surface area contributed by atoms with Crippen molar-refractivity contribution in [2.45, 2.75) is 39.9 Å². The van der Waals surface area contributed by atoms with E-state index < -0.39 is 5.82 Å². The van der Waals surface area contributed by atoms with Gasteiger partial charge in [0.15, 0.2) is 0 Å². The first kappa shape index (κ1) is 20.6. The Kier molecular flexibility index (Phi) is 6.54. The normalized spacial score (nSPS) is 20.5. The SMILES string of the molecule is Cc1cc(Oc2cc(F)cc(Cl)c2)c(C)cc1N=CNN1CC(C)OC(C)C1. The minimum Gasteiger partial charge on any atom is -0.457 e. The third-order valence-electron chi connectivity index (χ3n) is 4.42. The number of nitrogens with zero attached hydrogens (tertiary/aromatic N) is 2. The second-order valence-electron chi connectivity index (χ2n) is 7.16. The molecule has 0 bridgehead atoms. The zero-order valence-electron chi connectivity index (χ0n) is 16.5. The molecule has 1 N–H and O–H groups in total. The van der Waals surface area contributed by atoms with E-state index in [-0.39, 0.29) is 12.2 Å². The lowest BCUT2D eigenvalue weighted by atomic mass is 10.1. The summed E-state index contributed by atoms with van der Waals surface area (Å²) in [6, 6.07) is 7.96. The molecule has 28 heavy (non-hydrogen) atoms. The monoisotopic (exact) mass is 405 g/mol. The molecule has 0 aromatic heterocycles. The number of aryl methyl sites for hydroxylation is 2. The molecule has 2 aromatic carbocycles. The number of hydrogen-bond acceptors (Lipinski definition) is 4. The summed E-state index contributed by atoms with van der Waals surface area (Å²) in [6.07, 6.45) is 2.06. The molecule has 0 saturated carbocycles. The highest BCUT2D eigenvalue weighted by Crippen LogP contribution is 2.32. The van der Waals surface area contributed by atoms with E-state index in [1.54, 1.807) is 12.4 Å². The van der Waals surface area contributed by atoms with E-state index in [1.807, 2.05) is 26.0 Å². The van der Waals surface area contributed by atoms with Crippen LogP contribution in [0.4, 0.5) is 10.1 Å². The van der Waals surface area contributed by atoms with E-state index in [9.17, 15) is 4.39 Å². The van der Waals surface area contributed by atoms with Crippen LogP contribution in [0.5, 0.6) is 11.5 Å². The molecule has 2 unspecified atom stereocenters. The van der Waals surface area contributed by atoms with Crippen molar-refractivity contribution in [3.8, 4) is 11.5 Å². The predicted octanol–water partition coefficient (Wildman–Crippen LogP) is 5.16. The highest BCUT2D eigenvalue weighted by Gasteiger charge is 2.21. The lowest BCUT2D eigenvalue weighted by molar-refractivity contribution is -0.0760. The van der Waals surface area contributed by atoms with Gasteiger partial charge in [-0.3, -0.25) is 0 Å². The summed E-state index contributed by atoms with van der Waals surface area (Å²) in [5.41, 5.74) is 5.90. The fourth-order valence-corrected chi connectivity index (χ4v) is 3.41. The third-order valence-corrected chi connectivity index (χ3v) is 4.64. The Bertz CT molecular complexity index is 845. The summed E-state index contributed by atoms with van der Waals surface area (Å²) in [7, 11) is 0. The van der Waals surface area contributed by atoms with Crippen LogP contribution in [-0.4, -0.2) is 36.6 Å². The number of rotatable bonds is 5. The van der Waals surface area contributed by atoms with Gasteiger partial charge >= 0.3 is 0 Å². The average molecular weight is 406 g/mol. The molecule has 1 aliphatic rings. The van der Waals surface area contributed by atoms with Crippen molar-refractivity contribution in [3.63, 3.8) is 0 Å². The van der Waals surface area contributed by atoms with Crippen LogP contribution in [0, 0.1) is 19.7 Å². The Morgan fingerprint density at radius 1 is 1.14 bits per heavy atom. The molecule has 7 heteroatoms. The lowest BCUT2D eigenvalue weighted by Crippen LogP contribution is -2.51. The molecule has 1 saturated heterocycles. The molecule has 150 valence electrons. The Morgan fingerprint density at radius 3 is 2.54 bits per heavy atom. The molecule has 0 spiro atoms. The molecule has 1 fully saturated rings. The molecule has 2 atom stereocenters. The van der Waals surface area contributed by atoms with Gasteiger partial charge in [0, 0.05) is 24.2 Å². The maximum Gasteiger partial charge on any atom is 0.131 e. The van der Waals surface area contributed by atoms with Crippen molar-refractivity contribution < 1.29 is 13.9 Å². The first-order chi connectivity index (χ1) is 13.3. The van der Waals surface area contributed by atoms with E-state index in [0.717, 1.165) is 29.9 Å². The van der Waals surface area contributed by atoms with Crippen molar-refractivity contribution in [1.82, 2.24) is 10.4 Å². The van der Waals surface area contributed by atoms with Gasteiger partial charge in [-0.25, -0.2) is 14.4 Å². The molecule has 0 aliphatic carbocycles. The number of ether oxygens (including phenoxy) is 2. The van der Waals surface area contributed by atoms with Crippen LogP contribution in [0.1, 0.15) is 25.0 Å². The van der Waals surface area contributed by atoms with E-state index in [1.165, 1.54) is 12.1 Å². The average Bonchev–Trinajstić information content (AvgIpc) is 2.57. The van der Waals surface area contributed by atoms with Gasteiger partial charge in [-0.2, -0.15) is 0 Å². The second-order valence-corrected chi connectivity index (χ2v) is 7.60. The van der Waals surface area contributed by atoms with E-state index in [0.29, 0.717) is 16.5 Å². The lowest BCUT2D eigenvalue weighted by Gasteiger charge is -2.34. The first-order valence-electron chi connectivity index (χ1n) is 9.24. The number of nitrogens with one attached hydrogen (secondary N) is 1. The fraction of sp³-hybridized carbons (Fsp3) is 0.381. The zero-order valence-corrected chi connectivity index (χ0v) is 17.3. The largest absolute Gasteiger partial charge is 0.457 e. The number of morpholine rings is 1. The van der Waals surface area contributed by atoms with Gasteiger partial charge in [0.1, 0.15) is 23.7 Å². The van der Waals surface area contributed by atoms with Crippen molar-refractivity contribution in [1.29, 1.82) is 0 Å². The van der Waals surface area contributed by atoms with Gasteiger partial charge in [0.05, 0.1) is 17.9 Å². The quantitative estimate of drug-likeness (QED) is 0.551. The number of hydrazine groups is 1. The van der Waals surface area contributed by atoms with Crippen LogP contribution in [0.15, 0.2) is 35.3 Å². The number of benzene rings is 2. The van der Waals surface area contributed by atoms with Gasteiger partial charge in [-0.05, 0) is 63.1 Å². The van der Waals surface area contributed by atoms with Crippen LogP contribution in [0.3, 0.4) is 0 Å². The summed E-state index contributed by atoms with van der Waals surface area (Å²) in [5, 5.41) is 2.39. The third kappa shape index (κ3) is 5.44. The maximum atomic E-state index is 13.5. The Hall–Kier alpha value is -2.15. The molecule has 5 nitrogen and oxygen atoms in total. The molecular weight excluding hydrogens is 381 g/mol. The van der Waals surface area contributed by atoms with E-state index in [4.69, 9.17) is 21.1 Å². The van der Waals surface area contributed by atoms with Gasteiger partial charge in [-0.1, -0.05) is 11.6 Å². The maximum absolute atomic E-state index is 13.5. The number of hydrogen-bond donors (Lipinski definition) is 1. The van der Waals surface area contributed by atoms with Crippen LogP contribution in [0.2, 0.25) is 5.02 Å². The van der Waals surface area contributed by atoms with Gasteiger partial charge in [-0.15, -0.1) is 0 Å². The summed E-state index contributed by atoms with van der Waals surface area (Å²) in [6.45, 7) is 9.59. The van der Waals surface area contributed by atoms with Crippen molar-refractivity contribution in [2.75, 3.05) is 13.1 Å². The van der Waals surface area contributed by atoms with Gasteiger partial charge < -0.3 is 14.9 Å². The Morgan fingerprint density at radius 2 is 1.86 bits per heavy atom. The standard InChI is InChI=1S/C21H25ClFN3O2/c1-13-6-21(28-19-8-17(22)7-18(23)9-19)14(2)5-20(13)24-12-25-26-10-15(3)27-16(4)11-26/h5-9,12,15-16H,10-11H2,1-4H3,(H,24,25). The predicted molar refractivity (Wildman–Crippen MR) is 110 cm³/mol. The molecule has 2 aromatic rings. The Balaban J connectivity index is 1.69. The number of halogens is 2. The van der Waals surface area contributed by atoms with Crippen LogP contribution in [0.25, 0.3) is 0 Å². The molecule has 3 rings (SSSR count). The summed E-state index contributed by atoms with van der Waals surface area (Å²) >= 11 is 5.89. The smallest absolute Gasteiger partial charge is 0.131 e. The van der Waals surface area contributed by atoms with Crippen LogP contribution in [-0.2, 0) is 4.74 Å². The minimum atomic E-state index is -0.434. The molecule has 0 radical (unpaired) electrons. The molecule has 1 heterocycles. The highest BCUT2D eigenvalue weighted by atomic mass is 35.5. The fourth-order valence-electron chi connectivity index (χ4n) is 3.20. The van der Waals surface area contributed by atoms with Crippen molar-refractivity contribution in [3.05, 3.63) is 52.3 Å². The summed E-state index contributed by atoms with van der Waals surface area (Å²) < 4.78 is 25.1. The van der Waals surface area contributed by atoms with Gasteiger partial charge in [0.2, 0.25) is 0 Å². The molecular formula is C21H25ClFN3O2. The molecule has 0 amide bonds. The van der Waals surface area contributed by atoms with Crippen molar-refractivity contribution in [2.24, 2.45) is 4.99 Å². The second kappa shape index (κ2) is 8.90. The molecule has 1 aliphatic heterocycles. The first-order valence-corrected chi connectivity index (χ1v) is 9.62. The Labute approximate surface area is 170 Å². The van der Waals surface area contributed by atoms with E-state index in [2.05, 4.69) is 29.3 Å². The number of aliphatic imine (C=N–C) groups is 1. The summed E-state index contributed by atoms with van der Waals surface area (Å²) in [4.78, 5) is 4.53. The highest BCUT2D eigenvalue weighted by molar-refractivity contribution is 6.30. The summed E-state index contributed by atoms with van der Waals surface area (Å²) in [5.74, 6) is 0.568. The topological polar surface area (TPSA) is 46.1 Å². The van der Waals surface area contributed by atoms with Crippen LogP contribution < -0.4 is 10.2 Å². The zero-order chi connectivity index (χ0) is 20.3. The van der Waals surface area contributed by atoms with Crippen molar-refractivity contribution >= 4 is 23.6 Å². The van der Waals surface area contributed by atoms with Crippen LogP contribution >= 0.6 is 11.6 Å². The minimum absolute atomic E-state index is 0.182. The van der Waals surface area contributed by atoms with Gasteiger partial charge in [0.25, 0.3) is 0 Å².